The van der Waals surface area contributed by atoms with Crippen LogP contribution in [-0.2, 0) is 4.79 Å². The van der Waals surface area contributed by atoms with E-state index in [-0.39, 0.29) is 11.8 Å². The van der Waals surface area contributed by atoms with Crippen molar-refractivity contribution in [2.24, 2.45) is 11.8 Å². The number of amides is 2. The number of hydrogen-bond donors (Lipinski definition) is 3. The van der Waals surface area contributed by atoms with Crippen LogP contribution in [0.4, 0.5) is 11.5 Å². The van der Waals surface area contributed by atoms with Gasteiger partial charge in [0.1, 0.15) is 5.82 Å². The van der Waals surface area contributed by atoms with Gasteiger partial charge in [-0.1, -0.05) is 25.1 Å². The van der Waals surface area contributed by atoms with Gasteiger partial charge >= 0.3 is 0 Å². The molecule has 2 atom stereocenters. The van der Waals surface area contributed by atoms with E-state index in [0.29, 0.717) is 35.3 Å². The van der Waals surface area contributed by atoms with E-state index in [1.54, 1.807) is 30.5 Å². The van der Waals surface area contributed by atoms with E-state index in [4.69, 9.17) is 0 Å². The Hall–Kier alpha value is -2.73. The van der Waals surface area contributed by atoms with Gasteiger partial charge in [-0.25, -0.2) is 4.98 Å². The van der Waals surface area contributed by atoms with Gasteiger partial charge in [0.05, 0.1) is 11.9 Å². The van der Waals surface area contributed by atoms with Crippen molar-refractivity contribution in [1.29, 1.82) is 0 Å². The summed E-state index contributed by atoms with van der Waals surface area (Å²) in [5.74, 6) is 1.13. The fourth-order valence-corrected chi connectivity index (χ4v) is 3.36. The highest BCUT2D eigenvalue weighted by molar-refractivity contribution is 6.03. The average Bonchev–Trinajstić information content (AvgIpc) is 2.70. The summed E-state index contributed by atoms with van der Waals surface area (Å²) in [7, 11) is 0. The normalized spacial score (nSPS) is 17.7. The van der Waals surface area contributed by atoms with Crippen LogP contribution in [-0.4, -0.2) is 29.9 Å². The molecule has 1 aliphatic heterocycles. The second-order valence-corrected chi connectivity index (χ2v) is 7.09. The fraction of sp³-hybridized carbons (Fsp3) is 0.381. The van der Waals surface area contributed by atoms with Crippen molar-refractivity contribution in [3.63, 3.8) is 0 Å². The molecule has 1 aliphatic rings. The lowest BCUT2D eigenvalue weighted by Crippen LogP contribution is -2.34. The summed E-state index contributed by atoms with van der Waals surface area (Å²) in [5.41, 5.74) is 1.20. The molecular weight excluding hydrogens is 340 g/mol. The third-order valence-electron chi connectivity index (χ3n) is 4.97. The van der Waals surface area contributed by atoms with E-state index in [2.05, 4.69) is 27.9 Å². The van der Waals surface area contributed by atoms with E-state index in [0.717, 1.165) is 13.1 Å². The minimum atomic E-state index is -0.213. The Balaban J connectivity index is 1.49. The molecule has 0 spiro atoms. The molecule has 2 heterocycles. The quantitative estimate of drug-likeness (QED) is 0.732. The monoisotopic (exact) mass is 366 g/mol. The molecule has 1 aromatic carbocycles. The van der Waals surface area contributed by atoms with Crippen molar-refractivity contribution >= 4 is 23.3 Å². The molecule has 0 bridgehead atoms. The molecule has 142 valence electrons. The number of piperidine rings is 1. The van der Waals surface area contributed by atoms with Gasteiger partial charge in [-0.15, -0.1) is 0 Å². The summed E-state index contributed by atoms with van der Waals surface area (Å²) in [6.45, 7) is 4.21. The van der Waals surface area contributed by atoms with E-state index in [9.17, 15) is 9.59 Å². The Morgan fingerprint density at radius 3 is 2.67 bits per heavy atom. The zero-order valence-corrected chi connectivity index (χ0v) is 15.6. The van der Waals surface area contributed by atoms with Crippen LogP contribution in [0.15, 0.2) is 48.7 Å². The maximum Gasteiger partial charge on any atom is 0.256 e. The topological polar surface area (TPSA) is 83.1 Å². The minimum absolute atomic E-state index is 0.00376. The van der Waals surface area contributed by atoms with Crippen LogP contribution in [0.2, 0.25) is 0 Å². The summed E-state index contributed by atoms with van der Waals surface area (Å²) in [4.78, 5) is 28.6. The van der Waals surface area contributed by atoms with Gasteiger partial charge in [-0.3, -0.25) is 9.59 Å². The highest BCUT2D eigenvalue weighted by Crippen LogP contribution is 2.23. The van der Waals surface area contributed by atoms with Gasteiger partial charge in [-0.05, 0) is 62.0 Å². The predicted molar refractivity (Wildman–Crippen MR) is 107 cm³/mol. The smallest absolute Gasteiger partial charge is 0.256 e. The number of hydrogen-bond acceptors (Lipinski definition) is 4. The number of rotatable bonds is 6. The Bertz CT molecular complexity index is 756. The molecule has 3 rings (SSSR count). The number of carbonyl (C=O) groups is 2. The molecule has 0 aliphatic carbocycles. The number of nitrogens with one attached hydrogen (secondary N) is 3. The van der Waals surface area contributed by atoms with Crippen LogP contribution >= 0.6 is 0 Å². The van der Waals surface area contributed by atoms with Gasteiger partial charge in [0.15, 0.2) is 0 Å². The van der Waals surface area contributed by atoms with Crippen LogP contribution in [0.3, 0.4) is 0 Å². The first kappa shape index (κ1) is 19.0. The Morgan fingerprint density at radius 2 is 2.00 bits per heavy atom. The summed E-state index contributed by atoms with van der Waals surface area (Å²) in [5, 5.41) is 9.03. The molecule has 6 heteroatoms. The highest BCUT2D eigenvalue weighted by atomic mass is 16.2. The lowest BCUT2D eigenvalue weighted by molar-refractivity contribution is -0.117. The maximum atomic E-state index is 12.3. The van der Waals surface area contributed by atoms with Crippen LogP contribution < -0.4 is 16.0 Å². The van der Waals surface area contributed by atoms with Gasteiger partial charge in [0.25, 0.3) is 5.91 Å². The predicted octanol–water partition coefficient (Wildman–Crippen LogP) is 3.30. The molecule has 2 aromatic rings. The first-order valence-corrected chi connectivity index (χ1v) is 9.45. The van der Waals surface area contributed by atoms with E-state index < -0.39 is 0 Å². The van der Waals surface area contributed by atoms with E-state index in [1.807, 2.05) is 18.2 Å². The van der Waals surface area contributed by atoms with Crippen LogP contribution in [0.5, 0.6) is 0 Å². The first-order chi connectivity index (χ1) is 13.1. The second kappa shape index (κ2) is 9.28. The van der Waals surface area contributed by atoms with Crippen LogP contribution in [0.25, 0.3) is 0 Å². The van der Waals surface area contributed by atoms with Crippen molar-refractivity contribution in [3.05, 3.63) is 54.2 Å². The molecule has 6 nitrogen and oxygen atoms in total. The van der Waals surface area contributed by atoms with Crippen molar-refractivity contribution in [3.8, 4) is 0 Å². The summed E-state index contributed by atoms with van der Waals surface area (Å²) < 4.78 is 0. The minimum Gasteiger partial charge on any atom is -0.325 e. The second-order valence-electron chi connectivity index (χ2n) is 7.09. The van der Waals surface area contributed by atoms with Crippen molar-refractivity contribution in [2.45, 2.75) is 26.2 Å². The van der Waals surface area contributed by atoms with E-state index in [1.165, 1.54) is 12.8 Å². The number of aromatic nitrogens is 1. The van der Waals surface area contributed by atoms with Gasteiger partial charge < -0.3 is 16.0 Å². The molecule has 1 aromatic heterocycles. The third kappa shape index (κ3) is 5.62. The number of anilines is 2. The molecule has 27 heavy (non-hydrogen) atoms. The lowest BCUT2D eigenvalue weighted by Gasteiger charge is -2.28. The largest absolute Gasteiger partial charge is 0.325 e. The van der Waals surface area contributed by atoms with Gasteiger partial charge in [-0.2, -0.15) is 0 Å². The van der Waals surface area contributed by atoms with Crippen molar-refractivity contribution in [1.82, 2.24) is 10.3 Å². The van der Waals surface area contributed by atoms with Crippen molar-refractivity contribution in [2.75, 3.05) is 23.7 Å². The summed E-state index contributed by atoms with van der Waals surface area (Å²) >= 11 is 0. The SMILES string of the molecule is CC(CC(=O)Nc1ccc(NC(=O)c2ccccc2)nc1)C1CCCNC1. The number of nitrogens with zero attached hydrogens (tertiary/aromatic N) is 1. The molecule has 2 unspecified atom stereocenters. The molecule has 0 saturated carbocycles. The Kier molecular flexibility index (Phi) is 6.54. The van der Waals surface area contributed by atoms with Crippen molar-refractivity contribution < 1.29 is 9.59 Å². The first-order valence-electron chi connectivity index (χ1n) is 9.45. The molecule has 0 radical (unpaired) electrons. The fourth-order valence-electron chi connectivity index (χ4n) is 3.36. The van der Waals surface area contributed by atoms with Gasteiger partial charge in [0.2, 0.25) is 5.91 Å². The molecule has 2 amide bonds. The Labute approximate surface area is 159 Å². The molecule has 1 saturated heterocycles. The Morgan fingerprint density at radius 1 is 1.19 bits per heavy atom. The summed E-state index contributed by atoms with van der Waals surface area (Å²) in [6, 6.07) is 12.4. The molecular formula is C21H26N4O2. The molecule has 1 fully saturated rings. The molecule has 3 N–H and O–H groups in total. The number of carbonyl (C=O) groups excluding carboxylic acids is 2. The number of benzene rings is 1. The van der Waals surface area contributed by atoms with Gasteiger partial charge in [0, 0.05) is 12.0 Å². The highest BCUT2D eigenvalue weighted by Gasteiger charge is 2.22. The average molecular weight is 366 g/mol. The zero-order chi connectivity index (χ0) is 19.1. The maximum absolute atomic E-state index is 12.3. The number of pyridine rings is 1. The summed E-state index contributed by atoms with van der Waals surface area (Å²) in [6.07, 6.45) is 4.42. The third-order valence-corrected chi connectivity index (χ3v) is 4.97. The van der Waals surface area contributed by atoms with Crippen LogP contribution in [0, 0.1) is 11.8 Å². The standard InChI is InChI=1S/C21H26N4O2/c1-15(17-8-5-11-22-13-17)12-20(26)24-18-9-10-19(23-14-18)25-21(27)16-6-3-2-4-7-16/h2-4,6-7,9-10,14-15,17,22H,5,8,11-13H2,1H3,(H,24,26)(H,23,25,27). The zero-order valence-electron chi connectivity index (χ0n) is 15.6. The van der Waals surface area contributed by atoms with Crippen LogP contribution in [0.1, 0.15) is 36.5 Å². The van der Waals surface area contributed by atoms with E-state index >= 15 is 0 Å². The lowest BCUT2D eigenvalue weighted by atomic mass is 9.85.